The van der Waals surface area contributed by atoms with Gasteiger partial charge in [0.25, 0.3) is 21.9 Å². The van der Waals surface area contributed by atoms with Crippen LogP contribution in [0, 0.1) is 0 Å². The van der Waals surface area contributed by atoms with Crippen LogP contribution in [0.5, 0.6) is 23.0 Å². The monoisotopic (exact) mass is 1180 g/mol. The summed E-state index contributed by atoms with van der Waals surface area (Å²) in [6, 6.07) is 22.8. The number of benzene rings is 5. The number of carbonyl (C=O) groups is 7. The minimum absolute atomic E-state index is 0.0243. The van der Waals surface area contributed by atoms with Crippen molar-refractivity contribution >= 4 is 79.9 Å². The maximum atomic E-state index is 14.3. The van der Waals surface area contributed by atoms with Crippen molar-refractivity contribution in [3.8, 4) is 23.0 Å². The number of aliphatic hydroxyl groups is 1. The zero-order valence-corrected chi connectivity index (χ0v) is 47.8. The van der Waals surface area contributed by atoms with Crippen molar-refractivity contribution in [2.24, 2.45) is 0 Å². The molecule has 5 aromatic rings. The summed E-state index contributed by atoms with van der Waals surface area (Å²) in [5, 5.41) is 25.3. The van der Waals surface area contributed by atoms with Crippen molar-refractivity contribution in [1.82, 2.24) is 20.9 Å². The van der Waals surface area contributed by atoms with Gasteiger partial charge >= 0.3 is 0 Å². The molecule has 2 unspecified atom stereocenters. The van der Waals surface area contributed by atoms with Crippen molar-refractivity contribution in [2.45, 2.75) is 101 Å². The van der Waals surface area contributed by atoms with Crippen LogP contribution >= 0.6 is 0 Å². The first-order valence-electron chi connectivity index (χ1n) is 27.7. The van der Waals surface area contributed by atoms with Crippen LogP contribution in [0.4, 0.5) is 28.4 Å². The Labute approximate surface area is 489 Å². The van der Waals surface area contributed by atoms with E-state index >= 15 is 0 Å². The van der Waals surface area contributed by atoms with Crippen LogP contribution in [0.1, 0.15) is 82.5 Å². The lowest BCUT2D eigenvalue weighted by Crippen LogP contribution is -2.50. The maximum Gasteiger partial charge on any atom is 0.288 e. The molecule has 10 rings (SSSR count). The quantitative estimate of drug-likeness (QED) is 0.0351. The fourth-order valence-electron chi connectivity index (χ4n) is 11.2. The fourth-order valence-corrected chi connectivity index (χ4v) is 12.1. The molecular formula is C60H65N9O15S. The maximum absolute atomic E-state index is 14.3. The number of carbonyl (C=O) groups excluding carboxylic acids is 7. The van der Waals surface area contributed by atoms with Crippen LogP contribution in [0.15, 0.2) is 103 Å². The van der Waals surface area contributed by atoms with Gasteiger partial charge in [0.05, 0.1) is 48.8 Å². The van der Waals surface area contributed by atoms with Gasteiger partial charge in [0.15, 0.2) is 28.4 Å². The average molecular weight is 1180 g/mol. The van der Waals surface area contributed by atoms with Crippen molar-refractivity contribution in [3.05, 3.63) is 137 Å². The minimum Gasteiger partial charge on any atom is -0.493 e. The van der Waals surface area contributed by atoms with Crippen LogP contribution in [0.3, 0.4) is 0 Å². The van der Waals surface area contributed by atoms with Gasteiger partial charge in [-0.2, -0.15) is 8.42 Å². The van der Waals surface area contributed by atoms with E-state index in [9.17, 15) is 51.6 Å². The number of amides is 7. The Hall–Kier alpha value is -9.20. The molecule has 0 saturated carbocycles. The van der Waals surface area contributed by atoms with E-state index in [4.69, 9.17) is 18.9 Å². The van der Waals surface area contributed by atoms with Crippen molar-refractivity contribution in [3.63, 3.8) is 0 Å². The van der Waals surface area contributed by atoms with E-state index in [-0.39, 0.29) is 104 Å². The molecule has 5 aromatic carbocycles. The predicted octanol–water partition coefficient (Wildman–Crippen LogP) is 4.41. The molecule has 24 nitrogen and oxygen atoms in total. The molecule has 25 heteroatoms. The molecule has 0 bridgehead atoms. The molecule has 0 spiro atoms. The molecule has 446 valence electrons. The number of hydrogen-bond acceptors (Lipinski definition) is 16. The summed E-state index contributed by atoms with van der Waals surface area (Å²) in [5.74, 6) is -2.22. The molecule has 85 heavy (non-hydrogen) atoms. The molecule has 5 aliphatic heterocycles. The first kappa shape index (κ1) is 59.0. The largest absolute Gasteiger partial charge is 0.493 e. The Morgan fingerprint density at radius 1 is 0.706 bits per heavy atom. The summed E-state index contributed by atoms with van der Waals surface area (Å²) in [4.78, 5) is 97.0. The summed E-state index contributed by atoms with van der Waals surface area (Å²) < 4.78 is 60.8. The molecular weight excluding hydrogens is 1120 g/mol. The van der Waals surface area contributed by atoms with Gasteiger partial charge in [-0.25, -0.2) is 0 Å². The lowest BCUT2D eigenvalue weighted by atomic mass is 10.1. The van der Waals surface area contributed by atoms with Crippen molar-refractivity contribution in [1.29, 1.82) is 0 Å². The number of methoxy groups -OCH3 is 2. The summed E-state index contributed by atoms with van der Waals surface area (Å²) in [7, 11) is -1.94. The van der Waals surface area contributed by atoms with E-state index in [0.717, 1.165) is 16.8 Å². The minimum atomic E-state index is -4.79. The summed E-state index contributed by atoms with van der Waals surface area (Å²) in [6.07, 6.45) is 3.30. The molecule has 6 atom stereocenters. The second-order valence-corrected chi connectivity index (χ2v) is 22.8. The first-order chi connectivity index (χ1) is 40.8. The molecule has 5 heterocycles. The summed E-state index contributed by atoms with van der Waals surface area (Å²) in [5.41, 5.74) is 5.54. The number of rotatable bonds is 22. The van der Waals surface area contributed by atoms with E-state index < -0.39 is 63.5 Å². The van der Waals surface area contributed by atoms with Crippen LogP contribution in [-0.4, -0.2) is 134 Å². The van der Waals surface area contributed by atoms with E-state index in [1.807, 2.05) is 29.2 Å². The number of fused-ring (bicyclic) bond motifs is 8. The average Bonchev–Trinajstić information content (AvgIpc) is 2.20. The molecule has 5 aliphatic rings. The number of nitrogens with zero attached hydrogens (tertiary/aromatic N) is 3. The Balaban J connectivity index is 0.829. The topological polar surface area (TPSA) is 313 Å². The number of aliphatic hydroxyl groups excluding tert-OH is 1. The highest BCUT2D eigenvalue weighted by Crippen LogP contribution is 2.44. The smallest absolute Gasteiger partial charge is 0.288 e. The van der Waals surface area contributed by atoms with Crippen molar-refractivity contribution in [2.75, 3.05) is 59.6 Å². The van der Waals surface area contributed by atoms with Gasteiger partial charge in [-0.15, -0.1) is 0 Å². The highest BCUT2D eigenvalue weighted by molar-refractivity contribution is 7.86. The van der Waals surface area contributed by atoms with Gasteiger partial charge in [-0.1, -0.05) is 36.4 Å². The Morgan fingerprint density at radius 3 is 1.91 bits per heavy atom. The lowest BCUT2D eigenvalue weighted by Gasteiger charge is -2.27. The number of ether oxygens (including phenoxy) is 4. The third-order valence-corrected chi connectivity index (χ3v) is 16.5. The highest BCUT2D eigenvalue weighted by Gasteiger charge is 2.47. The zero-order chi connectivity index (χ0) is 60.3. The molecule has 8 N–H and O–H groups in total. The van der Waals surface area contributed by atoms with Crippen LogP contribution in [-0.2, 0) is 60.1 Å². The standard InChI is InChI=1S/C60H65N9O15S/c1-33(63-53(71)16-10-9-15-52(70)61-19-20-67-54(72)17-18-55(67)73)56(74)64-34(2)57(75)65-39-22-35(31-83-50-28-43-41(26-48(50)81-3)59(76)68-40(30-62-43)24-37-11-5-7-13-45(37)68)21-36(23-39)32-84-51-29-44-42(27-49(51)82-4)60(77)69-46-14-8-6-12-38(46)25-47(69)58(66-44)85(78,79)80/h5-8,11-14,17-18,21-23,26-29,33-34,40,47,54,58,62,66,72H,9-10,15-16,19-20,24-25,30-32H2,1-4H3,(H,61,70)(H,63,71)(H,64,74)(H,65,75)(H,78,79,80)/t33-,34-,40-,47-,54?,58?/m0/s1. The van der Waals surface area contributed by atoms with Gasteiger partial charge in [-0.3, -0.25) is 38.1 Å². The highest BCUT2D eigenvalue weighted by atomic mass is 32.2. The van der Waals surface area contributed by atoms with Crippen LogP contribution in [0.25, 0.3) is 0 Å². The molecule has 0 aliphatic carbocycles. The summed E-state index contributed by atoms with van der Waals surface area (Å²) in [6.45, 7) is 3.41. The van der Waals surface area contributed by atoms with Gasteiger partial charge < -0.3 is 70.7 Å². The first-order valence-corrected chi connectivity index (χ1v) is 29.2. The Bertz CT molecular complexity index is 3630. The number of anilines is 5. The Morgan fingerprint density at radius 2 is 1.28 bits per heavy atom. The second-order valence-electron chi connectivity index (χ2n) is 21.3. The second kappa shape index (κ2) is 24.9. The summed E-state index contributed by atoms with van der Waals surface area (Å²) >= 11 is 0. The molecule has 0 aromatic heterocycles. The third kappa shape index (κ3) is 12.8. The van der Waals surface area contributed by atoms with Gasteiger partial charge in [0.1, 0.15) is 31.5 Å². The van der Waals surface area contributed by atoms with E-state index in [1.54, 1.807) is 54.6 Å². The van der Waals surface area contributed by atoms with Crippen molar-refractivity contribution < 1.29 is 70.6 Å². The van der Waals surface area contributed by atoms with E-state index in [0.29, 0.717) is 59.6 Å². The molecule has 7 amide bonds. The molecule has 0 radical (unpaired) electrons. The molecule has 0 fully saturated rings. The number of para-hydroxylation sites is 2. The number of unbranched alkanes of at least 4 members (excludes halogenated alkanes) is 1. The Kier molecular flexibility index (Phi) is 17.3. The van der Waals surface area contributed by atoms with E-state index in [2.05, 4.69) is 31.9 Å². The normalized spacial score (nSPS) is 18.8. The fraction of sp³-hybridized carbons (Fsp3) is 0.350. The lowest BCUT2D eigenvalue weighted by molar-refractivity contribution is -0.131. The predicted molar refractivity (Wildman–Crippen MR) is 312 cm³/mol. The zero-order valence-electron chi connectivity index (χ0n) is 47.0. The number of hydrogen-bond donors (Lipinski definition) is 8. The molecule has 0 saturated heterocycles. The van der Waals surface area contributed by atoms with Gasteiger partial charge in [0.2, 0.25) is 29.5 Å². The number of nitrogens with one attached hydrogen (secondary N) is 6. The van der Waals surface area contributed by atoms with Gasteiger partial charge in [-0.05, 0) is 110 Å². The SMILES string of the molecule is COc1cc2c(cc1OCc1cc(COc3cc4c(cc3OC)C(=O)N3c5ccccc5C[C@H]3C(S(=O)(=O)O)N4)cc(NC(=O)[C@H](C)NC(=O)[C@H](C)NC(=O)CCCCC(=O)NCCN3C(=O)C=CC3O)c1)NC[C@@H]1Cc3ccccc3N1C2=O. The third-order valence-electron chi connectivity index (χ3n) is 15.5. The van der Waals surface area contributed by atoms with Crippen LogP contribution < -0.4 is 60.6 Å². The van der Waals surface area contributed by atoms with E-state index in [1.165, 1.54) is 62.2 Å². The van der Waals surface area contributed by atoms with Gasteiger partial charge in [0, 0.05) is 67.7 Å². The van der Waals surface area contributed by atoms with Crippen LogP contribution in [0.2, 0.25) is 0 Å².